The Morgan fingerprint density at radius 1 is 1.09 bits per heavy atom. The Hall–Kier alpha value is -3.20. The number of thiophene rings is 1. The Bertz CT molecular complexity index is 1630. The fraction of sp³-hybridized carbons (Fsp3) is 0.559. The highest BCUT2D eigenvalue weighted by molar-refractivity contribution is 7.18. The number of ether oxygens (including phenoxy) is 1. The van der Waals surface area contributed by atoms with Gasteiger partial charge in [-0.25, -0.2) is 9.97 Å². The average molecular weight is 639 g/mol. The molecule has 6 rings (SSSR count). The third kappa shape index (κ3) is 7.97. The standard InChI is InChI=1S/C34H41F3N6OS/c1-2-28(44-21-23-6-4-3-5-7-23)20-43-27(18-38)15-25-14-24(8-9-31(25)43)19-42-12-10-26(11-13-42)41-32-30-16-29(17-34(35,36)37)45-33(30)40-22-39-32/h8-9,14-16,22-23,26,28H,2-7,10-13,17,19-21H2,1H3,(H,39,40,41). The summed E-state index contributed by atoms with van der Waals surface area (Å²) in [6, 6.07) is 12.7. The van der Waals surface area contributed by atoms with Crippen LogP contribution in [0.4, 0.5) is 19.0 Å². The molecular weight excluding hydrogens is 597 g/mol. The quantitative estimate of drug-likeness (QED) is 0.179. The van der Waals surface area contributed by atoms with Gasteiger partial charge in [-0.15, -0.1) is 11.3 Å². The van der Waals surface area contributed by atoms with Crippen molar-refractivity contribution in [2.75, 3.05) is 25.0 Å². The summed E-state index contributed by atoms with van der Waals surface area (Å²) in [6.07, 6.45) is 5.51. The number of aromatic nitrogens is 3. The maximum Gasteiger partial charge on any atom is 0.393 e. The van der Waals surface area contributed by atoms with Gasteiger partial charge in [-0.1, -0.05) is 32.3 Å². The molecule has 4 heterocycles. The van der Waals surface area contributed by atoms with Crippen molar-refractivity contribution in [3.05, 3.63) is 52.8 Å². The summed E-state index contributed by atoms with van der Waals surface area (Å²) in [6.45, 7) is 6.27. The van der Waals surface area contributed by atoms with Crippen molar-refractivity contribution in [2.45, 2.75) is 96.1 Å². The third-order valence-electron chi connectivity index (χ3n) is 9.30. The molecule has 0 amide bonds. The summed E-state index contributed by atoms with van der Waals surface area (Å²) < 4.78 is 47.2. The molecule has 1 saturated heterocycles. The Kier molecular flexibility index (Phi) is 9.93. The molecule has 240 valence electrons. The van der Waals surface area contributed by atoms with Crippen LogP contribution in [0.5, 0.6) is 0 Å². The van der Waals surface area contributed by atoms with E-state index in [0.717, 1.165) is 67.7 Å². The first-order valence-corrected chi connectivity index (χ1v) is 17.0. The largest absolute Gasteiger partial charge is 0.393 e. The number of nitriles is 1. The molecule has 7 nitrogen and oxygen atoms in total. The highest BCUT2D eigenvalue weighted by Crippen LogP contribution is 2.33. The number of halogens is 3. The second-order valence-electron chi connectivity index (χ2n) is 12.7. The van der Waals surface area contributed by atoms with Crippen LogP contribution in [0, 0.1) is 17.2 Å². The maximum atomic E-state index is 12.9. The minimum Gasteiger partial charge on any atom is -0.376 e. The van der Waals surface area contributed by atoms with Crippen LogP contribution in [-0.2, 0) is 24.2 Å². The zero-order chi connectivity index (χ0) is 31.4. The molecule has 0 spiro atoms. The van der Waals surface area contributed by atoms with Gasteiger partial charge < -0.3 is 14.6 Å². The molecule has 11 heteroatoms. The van der Waals surface area contributed by atoms with Gasteiger partial charge in [-0.3, -0.25) is 4.90 Å². The van der Waals surface area contributed by atoms with Gasteiger partial charge in [0.1, 0.15) is 28.7 Å². The maximum absolute atomic E-state index is 12.9. The fourth-order valence-electron chi connectivity index (χ4n) is 6.83. The molecule has 45 heavy (non-hydrogen) atoms. The number of anilines is 1. The number of fused-ring (bicyclic) bond motifs is 2. The van der Waals surface area contributed by atoms with Crippen LogP contribution in [0.25, 0.3) is 21.1 Å². The van der Waals surface area contributed by atoms with E-state index >= 15 is 0 Å². The summed E-state index contributed by atoms with van der Waals surface area (Å²) in [5.74, 6) is 1.27. The van der Waals surface area contributed by atoms with Gasteiger partial charge in [0.2, 0.25) is 0 Å². The molecule has 4 aromatic rings. The van der Waals surface area contributed by atoms with Crippen molar-refractivity contribution in [3.63, 3.8) is 0 Å². The molecule has 2 aliphatic rings. The van der Waals surface area contributed by atoms with Crippen LogP contribution in [0.15, 0.2) is 36.7 Å². The predicted molar refractivity (Wildman–Crippen MR) is 172 cm³/mol. The summed E-state index contributed by atoms with van der Waals surface area (Å²) in [7, 11) is 0. The van der Waals surface area contributed by atoms with Crippen LogP contribution in [0.1, 0.15) is 74.4 Å². The van der Waals surface area contributed by atoms with Crippen LogP contribution in [0.2, 0.25) is 0 Å². The van der Waals surface area contributed by atoms with Crippen molar-refractivity contribution < 1.29 is 17.9 Å². The SMILES string of the molecule is CCC(Cn1c(C#N)cc2cc(CN3CCC(Nc4ncnc5sc(CC(F)(F)F)cc45)CC3)ccc21)OCC1CCCCC1. The van der Waals surface area contributed by atoms with E-state index in [2.05, 4.69) is 55.9 Å². The van der Waals surface area contributed by atoms with Gasteiger partial charge in [0.25, 0.3) is 0 Å². The van der Waals surface area contributed by atoms with Crippen molar-refractivity contribution in [2.24, 2.45) is 5.92 Å². The second-order valence-corrected chi connectivity index (χ2v) is 13.8. The lowest BCUT2D eigenvalue weighted by Gasteiger charge is -2.32. The summed E-state index contributed by atoms with van der Waals surface area (Å²) in [4.78, 5) is 11.8. The van der Waals surface area contributed by atoms with E-state index in [1.807, 2.05) is 6.07 Å². The lowest BCUT2D eigenvalue weighted by molar-refractivity contribution is -0.126. The van der Waals surface area contributed by atoms with E-state index in [1.54, 1.807) is 6.07 Å². The van der Waals surface area contributed by atoms with Gasteiger partial charge in [0, 0.05) is 48.1 Å². The number of rotatable bonds is 11. The van der Waals surface area contributed by atoms with Gasteiger partial charge in [0.05, 0.1) is 24.5 Å². The van der Waals surface area contributed by atoms with E-state index in [0.29, 0.717) is 34.2 Å². The summed E-state index contributed by atoms with van der Waals surface area (Å²) >= 11 is 1.07. The van der Waals surface area contributed by atoms with E-state index in [9.17, 15) is 18.4 Å². The molecule has 1 atom stereocenters. The first-order valence-electron chi connectivity index (χ1n) is 16.2. The van der Waals surface area contributed by atoms with Crippen LogP contribution in [-0.4, -0.2) is 57.5 Å². The Balaban J connectivity index is 1.05. The number of piperidine rings is 1. The average Bonchev–Trinajstić information content (AvgIpc) is 3.60. The molecule has 1 aliphatic heterocycles. The minimum atomic E-state index is -4.25. The van der Waals surface area contributed by atoms with Gasteiger partial charge in [0.15, 0.2) is 0 Å². The minimum absolute atomic E-state index is 0.0873. The number of nitrogens with zero attached hydrogens (tertiary/aromatic N) is 5. The van der Waals surface area contributed by atoms with Crippen molar-refractivity contribution in [1.82, 2.24) is 19.4 Å². The predicted octanol–water partition coefficient (Wildman–Crippen LogP) is 8.07. The smallest absolute Gasteiger partial charge is 0.376 e. The summed E-state index contributed by atoms with van der Waals surface area (Å²) in [5.41, 5.74) is 2.95. The van der Waals surface area contributed by atoms with E-state index in [1.165, 1.54) is 44.0 Å². The number of alkyl halides is 3. The zero-order valence-electron chi connectivity index (χ0n) is 25.8. The molecular formula is C34H41F3N6OS. The van der Waals surface area contributed by atoms with Gasteiger partial charge in [-0.05, 0) is 67.9 Å². The number of hydrogen-bond acceptors (Lipinski definition) is 7. The Morgan fingerprint density at radius 3 is 2.62 bits per heavy atom. The van der Waals surface area contributed by atoms with E-state index in [4.69, 9.17) is 4.74 Å². The molecule has 1 N–H and O–H groups in total. The van der Waals surface area contributed by atoms with Crippen LogP contribution in [0.3, 0.4) is 0 Å². The van der Waals surface area contributed by atoms with E-state index < -0.39 is 12.6 Å². The third-order valence-corrected chi connectivity index (χ3v) is 10.3. The lowest BCUT2D eigenvalue weighted by Crippen LogP contribution is -2.38. The first-order chi connectivity index (χ1) is 21.8. The molecule has 0 bridgehead atoms. The molecule has 2 fully saturated rings. The molecule has 1 aromatic carbocycles. The van der Waals surface area contributed by atoms with Crippen LogP contribution < -0.4 is 5.32 Å². The van der Waals surface area contributed by atoms with Crippen molar-refractivity contribution >= 4 is 38.3 Å². The first kappa shape index (κ1) is 31.8. The number of likely N-dealkylation sites (tertiary alicyclic amines) is 1. The molecule has 1 unspecified atom stereocenters. The number of benzene rings is 1. The Labute approximate surface area is 266 Å². The monoisotopic (exact) mass is 638 g/mol. The number of hydrogen-bond donors (Lipinski definition) is 1. The van der Waals surface area contributed by atoms with Crippen LogP contribution >= 0.6 is 11.3 Å². The van der Waals surface area contributed by atoms with Gasteiger partial charge >= 0.3 is 6.18 Å². The lowest BCUT2D eigenvalue weighted by atomic mass is 9.90. The highest BCUT2D eigenvalue weighted by atomic mass is 32.1. The molecule has 0 radical (unpaired) electrons. The zero-order valence-corrected chi connectivity index (χ0v) is 26.6. The summed E-state index contributed by atoms with van der Waals surface area (Å²) in [5, 5.41) is 15.1. The molecule has 1 aliphatic carbocycles. The van der Waals surface area contributed by atoms with Gasteiger partial charge in [-0.2, -0.15) is 18.4 Å². The fourth-order valence-corrected chi connectivity index (χ4v) is 7.86. The second kappa shape index (κ2) is 14.1. The molecule has 3 aromatic heterocycles. The Morgan fingerprint density at radius 2 is 1.89 bits per heavy atom. The van der Waals surface area contributed by atoms with Crippen molar-refractivity contribution in [3.8, 4) is 6.07 Å². The normalized spacial score (nSPS) is 18.0. The van der Waals surface area contributed by atoms with Crippen molar-refractivity contribution in [1.29, 1.82) is 5.26 Å². The molecule has 1 saturated carbocycles. The highest BCUT2D eigenvalue weighted by Gasteiger charge is 2.29. The topological polar surface area (TPSA) is 79.0 Å². The number of nitrogens with one attached hydrogen (secondary N) is 1. The van der Waals surface area contributed by atoms with E-state index in [-0.39, 0.29) is 17.0 Å².